The van der Waals surface area contributed by atoms with Gasteiger partial charge in [-0.3, -0.25) is 14.9 Å². The number of rotatable bonds is 8. The van der Waals surface area contributed by atoms with E-state index < -0.39 is 4.92 Å². The van der Waals surface area contributed by atoms with Crippen LogP contribution in [-0.4, -0.2) is 20.6 Å². The number of non-ortho nitro benzene ring substituents is 1. The first-order chi connectivity index (χ1) is 16.0. The van der Waals surface area contributed by atoms with Crippen LogP contribution in [-0.2, 0) is 6.73 Å². The minimum Gasteiger partial charge on any atom is -0.470 e. The molecule has 0 atom stereocenters. The molecule has 1 N–H and O–H groups in total. The number of benzene rings is 3. The molecule has 1 aromatic heterocycles. The summed E-state index contributed by atoms with van der Waals surface area (Å²) in [5.41, 5.74) is 0.767. The van der Waals surface area contributed by atoms with E-state index in [4.69, 9.17) is 16.3 Å². The lowest BCUT2D eigenvalue weighted by molar-refractivity contribution is -0.384. The van der Waals surface area contributed by atoms with Gasteiger partial charge in [-0.1, -0.05) is 53.7 Å². The van der Waals surface area contributed by atoms with Crippen molar-refractivity contribution in [3.63, 3.8) is 0 Å². The fourth-order valence-corrected chi connectivity index (χ4v) is 4.02. The van der Waals surface area contributed by atoms with Crippen LogP contribution in [0.1, 0.15) is 10.5 Å². The third-order valence-electron chi connectivity index (χ3n) is 4.46. The number of para-hydroxylation sites is 1. The summed E-state index contributed by atoms with van der Waals surface area (Å²) in [4.78, 5) is 25.0. The number of aromatic nitrogens is 2. The molecular weight excluding hydrogens is 464 g/mol. The number of nitrogens with one attached hydrogen (secondary N) is 1. The summed E-state index contributed by atoms with van der Waals surface area (Å²) >= 11 is 7.58. The van der Waals surface area contributed by atoms with Crippen LogP contribution in [0.4, 0.5) is 11.4 Å². The summed E-state index contributed by atoms with van der Waals surface area (Å²) in [6.07, 6.45) is 1.60. The maximum absolute atomic E-state index is 12.7. The molecule has 0 bridgehead atoms. The number of anilines is 1. The van der Waals surface area contributed by atoms with Gasteiger partial charge in [-0.2, -0.15) is 5.10 Å². The van der Waals surface area contributed by atoms with E-state index >= 15 is 0 Å². The molecule has 0 spiro atoms. The second-order valence-corrected chi connectivity index (χ2v) is 8.27. The van der Waals surface area contributed by atoms with Crippen molar-refractivity contribution in [1.29, 1.82) is 0 Å². The molecule has 1 heterocycles. The third-order valence-corrected chi connectivity index (χ3v) is 5.84. The molecule has 10 heteroatoms. The van der Waals surface area contributed by atoms with Crippen molar-refractivity contribution in [2.45, 2.75) is 16.5 Å². The summed E-state index contributed by atoms with van der Waals surface area (Å²) in [6.45, 7) is -0.0226. The molecule has 0 fully saturated rings. The molecule has 33 heavy (non-hydrogen) atoms. The quantitative estimate of drug-likeness (QED) is 0.249. The van der Waals surface area contributed by atoms with Crippen molar-refractivity contribution >= 4 is 40.6 Å². The van der Waals surface area contributed by atoms with E-state index in [2.05, 4.69) is 10.4 Å². The monoisotopic (exact) mass is 480 g/mol. The Morgan fingerprint density at radius 2 is 1.85 bits per heavy atom. The molecule has 0 radical (unpaired) electrons. The molecule has 0 aliphatic carbocycles. The van der Waals surface area contributed by atoms with E-state index in [0.29, 0.717) is 5.69 Å². The molecule has 0 aliphatic rings. The van der Waals surface area contributed by atoms with Crippen LogP contribution in [0, 0.1) is 10.1 Å². The first-order valence-electron chi connectivity index (χ1n) is 9.73. The summed E-state index contributed by atoms with van der Waals surface area (Å²) in [5.74, 6) is -0.0844. The van der Waals surface area contributed by atoms with Crippen LogP contribution < -0.4 is 10.1 Å². The number of carbonyl (C=O) groups excluding carboxylic acids is 1. The molecular formula is C23H17ClN4O4S. The van der Waals surface area contributed by atoms with Crippen LogP contribution >= 0.6 is 23.4 Å². The predicted octanol–water partition coefficient (Wildman–Crippen LogP) is 5.88. The van der Waals surface area contributed by atoms with Crippen LogP contribution in [0.2, 0.25) is 5.02 Å². The van der Waals surface area contributed by atoms with Gasteiger partial charge in [0.2, 0.25) is 0 Å². The smallest absolute Gasteiger partial charge is 0.276 e. The molecule has 0 saturated heterocycles. The van der Waals surface area contributed by atoms with Crippen molar-refractivity contribution < 1.29 is 14.5 Å². The van der Waals surface area contributed by atoms with Gasteiger partial charge in [-0.05, 0) is 36.4 Å². The Balaban J connectivity index is 1.40. The summed E-state index contributed by atoms with van der Waals surface area (Å²) in [6, 6.07) is 22.9. The lowest BCUT2D eigenvalue weighted by Crippen LogP contribution is -2.14. The normalized spacial score (nSPS) is 10.6. The standard InChI is InChI=1S/C23H17ClN4O4S/c24-18-14-16(28(30)31)10-11-21(18)32-15-27-13-12-20(26-27)23(29)25-19-8-4-5-9-22(19)33-17-6-2-1-3-7-17/h1-14H,15H2,(H,25,29). The van der Waals surface area contributed by atoms with E-state index in [-0.39, 0.29) is 34.8 Å². The summed E-state index contributed by atoms with van der Waals surface area (Å²) in [5, 5.41) is 18.1. The first-order valence-corrected chi connectivity index (χ1v) is 10.9. The van der Waals surface area contributed by atoms with Gasteiger partial charge in [0.25, 0.3) is 11.6 Å². The van der Waals surface area contributed by atoms with Crippen LogP contribution in [0.15, 0.2) is 94.9 Å². The highest BCUT2D eigenvalue weighted by molar-refractivity contribution is 7.99. The minimum absolute atomic E-state index is 0.0226. The summed E-state index contributed by atoms with van der Waals surface area (Å²) in [7, 11) is 0. The second-order valence-electron chi connectivity index (χ2n) is 6.75. The van der Waals surface area contributed by atoms with Crippen LogP contribution in [0.5, 0.6) is 5.75 Å². The Bertz CT molecular complexity index is 1300. The Kier molecular flexibility index (Phi) is 6.92. The van der Waals surface area contributed by atoms with Crippen LogP contribution in [0.3, 0.4) is 0 Å². The fourth-order valence-electron chi connectivity index (χ4n) is 2.87. The van der Waals surface area contributed by atoms with E-state index in [1.807, 2.05) is 54.6 Å². The van der Waals surface area contributed by atoms with Gasteiger partial charge in [-0.15, -0.1) is 0 Å². The number of ether oxygens (including phenoxy) is 1. The molecule has 0 saturated carbocycles. The number of carbonyl (C=O) groups is 1. The van der Waals surface area contributed by atoms with Crippen molar-refractivity contribution in [2.75, 3.05) is 5.32 Å². The Morgan fingerprint density at radius 3 is 2.61 bits per heavy atom. The molecule has 3 aromatic carbocycles. The molecule has 4 rings (SSSR count). The average Bonchev–Trinajstić information content (AvgIpc) is 3.29. The van der Waals surface area contributed by atoms with Gasteiger partial charge in [0.15, 0.2) is 12.4 Å². The number of hydrogen-bond acceptors (Lipinski definition) is 6. The van der Waals surface area contributed by atoms with E-state index in [0.717, 1.165) is 9.79 Å². The van der Waals surface area contributed by atoms with Gasteiger partial charge in [0, 0.05) is 28.1 Å². The highest BCUT2D eigenvalue weighted by Gasteiger charge is 2.14. The zero-order valence-electron chi connectivity index (χ0n) is 17.1. The molecule has 0 aliphatic heterocycles. The topological polar surface area (TPSA) is 99.3 Å². The van der Waals surface area contributed by atoms with Gasteiger partial charge < -0.3 is 10.1 Å². The van der Waals surface area contributed by atoms with Crippen molar-refractivity contribution in [2.24, 2.45) is 0 Å². The number of halogens is 1. The average molecular weight is 481 g/mol. The van der Waals surface area contributed by atoms with Crippen molar-refractivity contribution in [3.05, 3.63) is 106 Å². The van der Waals surface area contributed by atoms with Gasteiger partial charge >= 0.3 is 0 Å². The lowest BCUT2D eigenvalue weighted by atomic mass is 10.3. The van der Waals surface area contributed by atoms with E-state index in [1.165, 1.54) is 22.9 Å². The fraction of sp³-hybridized carbons (Fsp3) is 0.0435. The van der Waals surface area contributed by atoms with Crippen LogP contribution in [0.25, 0.3) is 0 Å². The van der Waals surface area contributed by atoms with E-state index in [9.17, 15) is 14.9 Å². The number of nitrogens with zero attached hydrogens (tertiary/aromatic N) is 3. The second kappa shape index (κ2) is 10.2. The largest absolute Gasteiger partial charge is 0.470 e. The zero-order chi connectivity index (χ0) is 23.2. The number of amides is 1. The maximum atomic E-state index is 12.7. The highest BCUT2D eigenvalue weighted by Crippen LogP contribution is 2.33. The first kappa shape index (κ1) is 22.4. The van der Waals surface area contributed by atoms with Gasteiger partial charge in [-0.25, -0.2) is 4.68 Å². The minimum atomic E-state index is -0.537. The van der Waals surface area contributed by atoms with Crippen molar-refractivity contribution in [1.82, 2.24) is 9.78 Å². The molecule has 0 unspecified atom stereocenters. The zero-order valence-corrected chi connectivity index (χ0v) is 18.6. The lowest BCUT2D eigenvalue weighted by Gasteiger charge is -2.10. The number of hydrogen-bond donors (Lipinski definition) is 1. The Morgan fingerprint density at radius 1 is 1.09 bits per heavy atom. The third kappa shape index (κ3) is 5.71. The Hall–Kier alpha value is -3.82. The summed E-state index contributed by atoms with van der Waals surface area (Å²) < 4.78 is 6.99. The maximum Gasteiger partial charge on any atom is 0.276 e. The van der Waals surface area contributed by atoms with Gasteiger partial charge in [0.1, 0.15) is 5.75 Å². The SMILES string of the molecule is O=C(Nc1ccccc1Sc1ccccc1)c1ccn(COc2ccc([N+](=O)[O-])cc2Cl)n1. The molecule has 8 nitrogen and oxygen atoms in total. The van der Waals surface area contributed by atoms with Crippen molar-refractivity contribution in [3.8, 4) is 5.75 Å². The molecule has 166 valence electrons. The van der Waals surface area contributed by atoms with E-state index in [1.54, 1.807) is 24.0 Å². The Labute approximate surface area is 198 Å². The molecule has 4 aromatic rings. The van der Waals surface area contributed by atoms with Gasteiger partial charge in [0.05, 0.1) is 15.6 Å². The highest BCUT2D eigenvalue weighted by atomic mass is 35.5. The number of nitro benzene ring substituents is 1. The number of nitro groups is 1. The predicted molar refractivity (Wildman–Crippen MR) is 126 cm³/mol. The molecule has 1 amide bonds.